The summed E-state index contributed by atoms with van der Waals surface area (Å²) >= 11 is 0. The first-order chi connectivity index (χ1) is 9.07. The van der Waals surface area contributed by atoms with Crippen molar-refractivity contribution in [1.29, 1.82) is 0 Å². The average Bonchev–Trinajstić information content (AvgIpc) is 2.35. The predicted molar refractivity (Wildman–Crippen MR) is 74.4 cm³/mol. The van der Waals surface area contributed by atoms with Crippen LogP contribution in [0.15, 0.2) is 23.1 Å². The Morgan fingerprint density at radius 2 is 2.05 bits per heavy atom. The zero-order valence-electron chi connectivity index (χ0n) is 11.5. The lowest BCUT2D eigenvalue weighted by Crippen LogP contribution is -2.32. The van der Waals surface area contributed by atoms with Gasteiger partial charge in [-0.15, -0.1) is 0 Å². The fraction of sp³-hybridized carbons (Fsp3) is 0.417. The summed E-state index contributed by atoms with van der Waals surface area (Å²) in [6.45, 7) is 4.02. The zero-order valence-corrected chi connectivity index (χ0v) is 12.3. The monoisotopic (exact) mass is 302 g/mol. The number of hydrogen-bond donors (Lipinski definition) is 3. The molecule has 0 aliphatic heterocycles. The molecule has 0 aliphatic carbocycles. The molecule has 20 heavy (non-hydrogen) atoms. The normalized spacial score (nSPS) is 12.2. The van der Waals surface area contributed by atoms with E-state index < -0.39 is 21.6 Å². The third-order valence-corrected chi connectivity index (χ3v) is 3.72. The van der Waals surface area contributed by atoms with Gasteiger partial charge >= 0.3 is 5.97 Å². The second-order valence-electron chi connectivity index (χ2n) is 4.87. The minimum Gasteiger partial charge on any atom is -0.478 e. The number of nitrogens with two attached hydrogens (primary N) is 1. The van der Waals surface area contributed by atoms with Crippen molar-refractivity contribution in [3.05, 3.63) is 23.8 Å². The van der Waals surface area contributed by atoms with Gasteiger partial charge in [-0.2, -0.15) is 0 Å². The van der Waals surface area contributed by atoms with Crippen LogP contribution < -0.4 is 10.5 Å². The number of sulfonamides is 1. The highest BCUT2D eigenvalue weighted by Crippen LogP contribution is 2.21. The number of hydrogen-bond acceptors (Lipinski definition) is 5. The Morgan fingerprint density at radius 1 is 1.45 bits per heavy atom. The van der Waals surface area contributed by atoms with Crippen LogP contribution in [-0.4, -0.2) is 38.7 Å². The molecule has 112 valence electrons. The highest BCUT2D eigenvalue weighted by Gasteiger charge is 2.19. The van der Waals surface area contributed by atoms with Crippen LogP contribution in [0.4, 0.5) is 5.69 Å². The molecule has 0 spiro atoms. The van der Waals surface area contributed by atoms with Crippen LogP contribution in [0.1, 0.15) is 24.2 Å². The molecule has 0 saturated carbocycles. The molecule has 1 aromatic rings. The SMILES string of the molecule is COC(C)(C)CNc1ccc(S(N)(=O)=O)cc1C(=O)O. The van der Waals surface area contributed by atoms with Gasteiger partial charge in [0.15, 0.2) is 0 Å². The number of nitrogens with one attached hydrogen (secondary N) is 1. The van der Waals surface area contributed by atoms with E-state index in [0.29, 0.717) is 12.2 Å². The van der Waals surface area contributed by atoms with E-state index >= 15 is 0 Å². The largest absolute Gasteiger partial charge is 0.478 e. The van der Waals surface area contributed by atoms with Crippen molar-refractivity contribution in [1.82, 2.24) is 0 Å². The lowest BCUT2D eigenvalue weighted by Gasteiger charge is -2.24. The van der Waals surface area contributed by atoms with Gasteiger partial charge in [-0.1, -0.05) is 0 Å². The van der Waals surface area contributed by atoms with E-state index in [1.807, 2.05) is 13.8 Å². The summed E-state index contributed by atoms with van der Waals surface area (Å²) in [7, 11) is -2.39. The van der Waals surface area contributed by atoms with E-state index in [-0.39, 0.29) is 10.5 Å². The van der Waals surface area contributed by atoms with Crippen molar-refractivity contribution >= 4 is 21.7 Å². The molecule has 0 aromatic heterocycles. The molecule has 0 atom stereocenters. The Bertz CT molecular complexity index is 610. The second kappa shape index (κ2) is 5.78. The molecule has 0 heterocycles. The number of aromatic carboxylic acids is 1. The van der Waals surface area contributed by atoms with Crippen LogP contribution in [0.3, 0.4) is 0 Å². The third kappa shape index (κ3) is 4.19. The van der Waals surface area contributed by atoms with Gasteiger partial charge in [-0.05, 0) is 32.0 Å². The van der Waals surface area contributed by atoms with Crippen LogP contribution >= 0.6 is 0 Å². The number of primary sulfonamides is 1. The Labute approximate surface area is 117 Å². The maximum atomic E-state index is 11.2. The van der Waals surface area contributed by atoms with Crippen LogP contribution in [-0.2, 0) is 14.8 Å². The van der Waals surface area contributed by atoms with Gasteiger partial charge in [0.05, 0.1) is 16.1 Å². The van der Waals surface area contributed by atoms with Crippen molar-refractivity contribution in [3.63, 3.8) is 0 Å². The van der Waals surface area contributed by atoms with Crippen LogP contribution in [0, 0.1) is 0 Å². The average molecular weight is 302 g/mol. The first-order valence-electron chi connectivity index (χ1n) is 5.76. The molecule has 1 rings (SSSR count). The molecule has 0 bridgehead atoms. The number of carbonyl (C=O) groups is 1. The molecule has 7 nitrogen and oxygen atoms in total. The Kier molecular flexibility index (Phi) is 4.74. The van der Waals surface area contributed by atoms with E-state index in [9.17, 15) is 13.2 Å². The lowest BCUT2D eigenvalue weighted by molar-refractivity contribution is 0.0343. The standard InChI is InChI=1S/C12H18N2O5S/c1-12(2,19-3)7-14-10-5-4-8(20(13,17)18)6-9(10)11(15)16/h4-6,14H,7H2,1-3H3,(H,15,16)(H2,13,17,18). The maximum absolute atomic E-state index is 11.2. The third-order valence-electron chi connectivity index (χ3n) is 2.81. The summed E-state index contributed by atoms with van der Waals surface area (Å²) in [6.07, 6.45) is 0. The summed E-state index contributed by atoms with van der Waals surface area (Å²) < 4.78 is 27.7. The number of ether oxygens (including phenoxy) is 1. The van der Waals surface area contributed by atoms with Crippen LogP contribution in [0.5, 0.6) is 0 Å². The molecule has 0 unspecified atom stereocenters. The molecule has 0 amide bonds. The van der Waals surface area contributed by atoms with Crippen molar-refractivity contribution in [2.75, 3.05) is 19.0 Å². The minimum atomic E-state index is -3.94. The predicted octanol–water partition coefficient (Wildman–Crippen LogP) is 0.869. The molecule has 1 aromatic carbocycles. The van der Waals surface area contributed by atoms with E-state index in [1.54, 1.807) is 7.11 Å². The molecule has 4 N–H and O–H groups in total. The molecule has 0 aliphatic rings. The van der Waals surface area contributed by atoms with E-state index in [2.05, 4.69) is 5.32 Å². The number of anilines is 1. The van der Waals surface area contributed by atoms with Gasteiger partial charge in [0, 0.05) is 19.3 Å². The highest BCUT2D eigenvalue weighted by molar-refractivity contribution is 7.89. The molecular weight excluding hydrogens is 284 g/mol. The summed E-state index contributed by atoms with van der Waals surface area (Å²) in [5, 5.41) is 17.0. The topological polar surface area (TPSA) is 119 Å². The van der Waals surface area contributed by atoms with Gasteiger partial charge in [0.2, 0.25) is 10.0 Å². The Morgan fingerprint density at radius 3 is 2.50 bits per heavy atom. The molecule has 0 fully saturated rings. The van der Waals surface area contributed by atoms with Gasteiger partial charge in [0.1, 0.15) is 0 Å². The van der Waals surface area contributed by atoms with Gasteiger partial charge < -0.3 is 15.2 Å². The molecule has 0 saturated heterocycles. The molecule has 8 heteroatoms. The fourth-order valence-electron chi connectivity index (χ4n) is 1.41. The van der Waals surface area contributed by atoms with Gasteiger partial charge in [0.25, 0.3) is 0 Å². The van der Waals surface area contributed by atoms with Crippen molar-refractivity contribution in [2.24, 2.45) is 5.14 Å². The minimum absolute atomic E-state index is 0.163. The summed E-state index contributed by atoms with van der Waals surface area (Å²) in [5.74, 6) is -1.24. The van der Waals surface area contributed by atoms with Gasteiger partial charge in [-0.25, -0.2) is 18.4 Å². The first-order valence-corrected chi connectivity index (χ1v) is 7.30. The summed E-state index contributed by atoms with van der Waals surface area (Å²) in [6, 6.07) is 3.65. The number of methoxy groups -OCH3 is 1. The second-order valence-corrected chi connectivity index (χ2v) is 6.44. The summed E-state index contributed by atoms with van der Waals surface area (Å²) in [5.41, 5.74) is -0.354. The molecular formula is C12H18N2O5S. The molecule has 0 radical (unpaired) electrons. The fourth-order valence-corrected chi connectivity index (χ4v) is 1.95. The summed E-state index contributed by atoms with van der Waals surface area (Å²) in [4.78, 5) is 10.9. The maximum Gasteiger partial charge on any atom is 0.337 e. The van der Waals surface area contributed by atoms with Crippen molar-refractivity contribution in [2.45, 2.75) is 24.3 Å². The van der Waals surface area contributed by atoms with E-state index in [4.69, 9.17) is 15.0 Å². The number of rotatable bonds is 6. The number of carboxylic acids is 1. The van der Waals surface area contributed by atoms with Crippen molar-refractivity contribution in [3.8, 4) is 0 Å². The smallest absolute Gasteiger partial charge is 0.337 e. The Hall–Kier alpha value is -1.64. The lowest BCUT2D eigenvalue weighted by atomic mass is 10.1. The van der Waals surface area contributed by atoms with Crippen LogP contribution in [0.25, 0.3) is 0 Å². The van der Waals surface area contributed by atoms with E-state index in [0.717, 1.165) is 6.07 Å². The zero-order chi connectivity index (χ0) is 15.6. The van der Waals surface area contributed by atoms with E-state index in [1.165, 1.54) is 12.1 Å². The number of benzene rings is 1. The first kappa shape index (κ1) is 16.4. The Balaban J connectivity index is 3.12. The quantitative estimate of drug-likeness (QED) is 0.717. The van der Waals surface area contributed by atoms with Gasteiger partial charge in [-0.3, -0.25) is 0 Å². The van der Waals surface area contributed by atoms with Crippen LogP contribution in [0.2, 0.25) is 0 Å². The highest BCUT2D eigenvalue weighted by atomic mass is 32.2. The van der Waals surface area contributed by atoms with Crippen molar-refractivity contribution < 1.29 is 23.1 Å². The number of carboxylic acid groups (broad SMARTS) is 1.